The van der Waals surface area contributed by atoms with Crippen LogP contribution in [0.4, 0.5) is 0 Å². The summed E-state index contributed by atoms with van der Waals surface area (Å²) in [5.74, 6) is 0.00316. The van der Waals surface area contributed by atoms with Gasteiger partial charge in [-0.05, 0) is 24.8 Å². The quantitative estimate of drug-likeness (QED) is 0.652. The molecule has 1 aromatic rings. The minimum Gasteiger partial charge on any atom is -0.354 e. The molecule has 1 saturated carbocycles. The molecule has 1 heterocycles. The first-order chi connectivity index (χ1) is 9.39. The summed E-state index contributed by atoms with van der Waals surface area (Å²) in [7, 11) is -0.522. The summed E-state index contributed by atoms with van der Waals surface area (Å²) in [6.07, 6.45) is 3.43. The van der Waals surface area contributed by atoms with Crippen molar-refractivity contribution >= 4 is 15.9 Å². The van der Waals surface area contributed by atoms with Crippen LogP contribution in [0.15, 0.2) is 17.2 Å². The highest BCUT2D eigenvalue weighted by atomic mass is 32.2. The van der Waals surface area contributed by atoms with E-state index >= 15 is 0 Å². The minimum absolute atomic E-state index is 0.0812. The Morgan fingerprint density at radius 1 is 1.55 bits per heavy atom. The Morgan fingerprint density at radius 3 is 2.70 bits per heavy atom. The zero-order valence-corrected chi connectivity index (χ0v) is 12.4. The molecule has 8 heteroatoms. The first kappa shape index (κ1) is 15.0. The van der Waals surface area contributed by atoms with Crippen LogP contribution < -0.4 is 15.8 Å². The second kappa shape index (κ2) is 5.55. The lowest BCUT2D eigenvalue weighted by Crippen LogP contribution is -2.41. The Bertz CT molecular complexity index is 604. The van der Waals surface area contributed by atoms with Crippen molar-refractivity contribution in [3.63, 3.8) is 0 Å². The summed E-state index contributed by atoms with van der Waals surface area (Å²) in [4.78, 5) is 11.7. The fourth-order valence-electron chi connectivity index (χ4n) is 2.14. The maximum Gasteiger partial charge on any atom is 0.267 e. The first-order valence-electron chi connectivity index (χ1n) is 6.50. The smallest absolute Gasteiger partial charge is 0.267 e. The number of sulfonamides is 1. The number of aryl methyl sites for hydroxylation is 1. The Balaban J connectivity index is 2.23. The highest BCUT2D eigenvalue weighted by Crippen LogP contribution is 2.32. The molecule has 1 amide bonds. The molecule has 4 N–H and O–H groups in total. The normalized spacial score (nSPS) is 16.9. The summed E-state index contributed by atoms with van der Waals surface area (Å²) in [5.41, 5.74) is 5.90. The SMILES string of the molecule is CNC(=O)c1cc(S(=O)(=O)NC(CN)C2CC2)cn1C. The molecule has 0 aromatic carbocycles. The Hall–Kier alpha value is -1.38. The van der Waals surface area contributed by atoms with Crippen LogP contribution in [0.25, 0.3) is 0 Å². The number of nitrogens with one attached hydrogen (secondary N) is 2. The van der Waals surface area contributed by atoms with Crippen molar-refractivity contribution in [3.8, 4) is 0 Å². The van der Waals surface area contributed by atoms with E-state index < -0.39 is 10.0 Å². The van der Waals surface area contributed by atoms with Gasteiger partial charge in [-0.2, -0.15) is 0 Å². The lowest BCUT2D eigenvalue weighted by molar-refractivity contribution is 0.0955. The van der Waals surface area contributed by atoms with Gasteiger partial charge in [-0.3, -0.25) is 4.79 Å². The molecule has 0 spiro atoms. The first-order valence-corrected chi connectivity index (χ1v) is 7.98. The molecule has 0 bridgehead atoms. The van der Waals surface area contributed by atoms with Crippen molar-refractivity contribution in [3.05, 3.63) is 18.0 Å². The Labute approximate surface area is 118 Å². The van der Waals surface area contributed by atoms with Crippen molar-refractivity contribution < 1.29 is 13.2 Å². The minimum atomic E-state index is -3.65. The van der Waals surface area contributed by atoms with E-state index in [0.717, 1.165) is 12.8 Å². The number of carbonyl (C=O) groups is 1. The van der Waals surface area contributed by atoms with Crippen molar-refractivity contribution in [1.29, 1.82) is 0 Å². The monoisotopic (exact) mass is 300 g/mol. The van der Waals surface area contributed by atoms with Gasteiger partial charge in [0.15, 0.2) is 0 Å². The molecular weight excluding hydrogens is 280 g/mol. The van der Waals surface area contributed by atoms with E-state index in [2.05, 4.69) is 10.0 Å². The third kappa shape index (κ3) is 3.02. The Kier molecular flexibility index (Phi) is 4.17. The van der Waals surface area contributed by atoms with Crippen LogP contribution in [0.2, 0.25) is 0 Å². The van der Waals surface area contributed by atoms with Gasteiger partial charge >= 0.3 is 0 Å². The molecule has 20 heavy (non-hydrogen) atoms. The van der Waals surface area contributed by atoms with E-state index in [-0.39, 0.29) is 23.4 Å². The van der Waals surface area contributed by atoms with Gasteiger partial charge in [0, 0.05) is 32.9 Å². The van der Waals surface area contributed by atoms with E-state index in [9.17, 15) is 13.2 Å². The molecule has 0 saturated heterocycles. The summed E-state index contributed by atoms with van der Waals surface area (Å²) in [6, 6.07) is 1.13. The molecule has 1 atom stereocenters. The lowest BCUT2D eigenvalue weighted by atomic mass is 10.2. The summed E-state index contributed by atoms with van der Waals surface area (Å²) in [5, 5.41) is 2.47. The average molecular weight is 300 g/mol. The molecule has 0 aliphatic heterocycles. The molecule has 112 valence electrons. The summed E-state index contributed by atoms with van der Waals surface area (Å²) >= 11 is 0. The van der Waals surface area contributed by atoms with Crippen LogP contribution in [-0.4, -0.2) is 38.5 Å². The number of aromatic nitrogens is 1. The molecule has 1 aromatic heterocycles. The van der Waals surface area contributed by atoms with Crippen LogP contribution in [0, 0.1) is 5.92 Å². The third-order valence-corrected chi connectivity index (χ3v) is 4.96. The van der Waals surface area contributed by atoms with E-state index in [1.807, 2.05) is 0 Å². The Morgan fingerprint density at radius 2 is 2.20 bits per heavy atom. The van der Waals surface area contributed by atoms with Gasteiger partial charge in [-0.15, -0.1) is 0 Å². The largest absolute Gasteiger partial charge is 0.354 e. The number of nitrogens with two attached hydrogens (primary N) is 1. The third-order valence-electron chi connectivity index (χ3n) is 3.50. The van der Waals surface area contributed by atoms with Gasteiger partial charge in [0.1, 0.15) is 10.6 Å². The van der Waals surface area contributed by atoms with Crippen LogP contribution in [-0.2, 0) is 17.1 Å². The number of carbonyl (C=O) groups excluding carboxylic acids is 1. The van der Waals surface area contributed by atoms with Crippen molar-refractivity contribution in [2.45, 2.75) is 23.8 Å². The molecule has 7 nitrogen and oxygen atoms in total. The number of nitrogens with zero attached hydrogens (tertiary/aromatic N) is 1. The molecule has 2 rings (SSSR count). The standard InChI is InChI=1S/C12H20N4O3S/c1-14-12(17)11-5-9(7-16(11)2)20(18,19)15-10(6-13)8-3-4-8/h5,7-8,10,15H,3-4,6,13H2,1-2H3,(H,14,17). The second-order valence-electron chi connectivity index (χ2n) is 5.05. The predicted octanol–water partition coefficient (Wildman–Crippen LogP) is -0.600. The summed E-state index contributed by atoms with van der Waals surface area (Å²) in [6.45, 7) is 0.277. The second-order valence-corrected chi connectivity index (χ2v) is 6.77. The molecular formula is C12H20N4O3S. The number of amides is 1. The predicted molar refractivity (Wildman–Crippen MR) is 74.7 cm³/mol. The zero-order chi connectivity index (χ0) is 14.9. The van der Waals surface area contributed by atoms with Crippen LogP contribution in [0.3, 0.4) is 0 Å². The highest BCUT2D eigenvalue weighted by Gasteiger charge is 2.34. The molecule has 1 aliphatic rings. The maximum atomic E-state index is 12.3. The molecule has 1 unspecified atom stereocenters. The van der Waals surface area contributed by atoms with E-state index in [1.54, 1.807) is 7.05 Å². The van der Waals surface area contributed by atoms with Gasteiger partial charge in [0.05, 0.1) is 0 Å². The number of hydrogen-bond donors (Lipinski definition) is 3. The highest BCUT2D eigenvalue weighted by molar-refractivity contribution is 7.89. The molecule has 1 aliphatic carbocycles. The average Bonchev–Trinajstić information content (AvgIpc) is 3.17. The number of rotatable bonds is 6. The van der Waals surface area contributed by atoms with Crippen LogP contribution in [0.5, 0.6) is 0 Å². The van der Waals surface area contributed by atoms with Gasteiger partial charge < -0.3 is 15.6 Å². The van der Waals surface area contributed by atoms with Crippen molar-refractivity contribution in [2.75, 3.05) is 13.6 Å². The van der Waals surface area contributed by atoms with Crippen LogP contribution in [0.1, 0.15) is 23.3 Å². The van der Waals surface area contributed by atoms with E-state index in [4.69, 9.17) is 5.73 Å². The fourth-order valence-corrected chi connectivity index (χ4v) is 3.52. The van der Waals surface area contributed by atoms with Gasteiger partial charge in [-0.25, -0.2) is 13.1 Å². The van der Waals surface area contributed by atoms with Gasteiger partial charge in [0.25, 0.3) is 5.91 Å². The lowest BCUT2D eigenvalue weighted by Gasteiger charge is -2.15. The van der Waals surface area contributed by atoms with E-state index in [1.165, 1.54) is 23.9 Å². The van der Waals surface area contributed by atoms with Crippen molar-refractivity contribution in [2.24, 2.45) is 18.7 Å². The summed E-state index contributed by atoms with van der Waals surface area (Å²) < 4.78 is 28.7. The molecule has 1 fully saturated rings. The van der Waals surface area contributed by atoms with Crippen molar-refractivity contribution in [1.82, 2.24) is 14.6 Å². The number of hydrogen-bond acceptors (Lipinski definition) is 4. The zero-order valence-electron chi connectivity index (χ0n) is 11.6. The maximum absolute atomic E-state index is 12.3. The fraction of sp³-hybridized carbons (Fsp3) is 0.583. The van der Waals surface area contributed by atoms with E-state index in [0.29, 0.717) is 11.6 Å². The molecule has 0 radical (unpaired) electrons. The van der Waals surface area contributed by atoms with Gasteiger partial charge in [0.2, 0.25) is 10.0 Å². The topological polar surface area (TPSA) is 106 Å². The van der Waals surface area contributed by atoms with Gasteiger partial charge in [-0.1, -0.05) is 0 Å². The van der Waals surface area contributed by atoms with Crippen LogP contribution >= 0.6 is 0 Å².